The Morgan fingerprint density at radius 3 is 2.58 bits per heavy atom. The Morgan fingerprint density at radius 1 is 1.04 bits per heavy atom. The van der Waals surface area contributed by atoms with Gasteiger partial charge in [-0.25, -0.2) is 9.37 Å². The number of Topliss-reactive ketones (excluding diaryl/α,β-unsaturated/α-hetero) is 1. The summed E-state index contributed by atoms with van der Waals surface area (Å²) in [7, 11) is 1.65. The Kier molecular flexibility index (Phi) is 8.14. The largest absolute Gasteiger partial charge is 0.392 e. The summed E-state index contributed by atoms with van der Waals surface area (Å²) in [5.74, 6) is 0.574. The third kappa shape index (κ3) is 5.53. The van der Waals surface area contributed by atoms with E-state index in [1.807, 2.05) is 17.2 Å². The van der Waals surface area contributed by atoms with Crippen LogP contribution in [-0.4, -0.2) is 75.7 Å². The third-order valence-electron chi connectivity index (χ3n) is 10.7. The lowest BCUT2D eigenvalue weighted by Gasteiger charge is -2.41. The molecule has 1 aromatic carbocycles. The second-order valence-corrected chi connectivity index (χ2v) is 13.6. The lowest BCUT2D eigenvalue weighted by Crippen LogP contribution is -2.51. The van der Waals surface area contributed by atoms with Crippen LogP contribution in [0.15, 0.2) is 70.7 Å². The number of aryl methyl sites for hydroxylation is 1. The molecule has 2 N–H and O–H groups in total. The van der Waals surface area contributed by atoms with E-state index in [-0.39, 0.29) is 17.9 Å². The molecule has 5 aliphatic rings. The minimum Gasteiger partial charge on any atom is -0.392 e. The van der Waals surface area contributed by atoms with Crippen LogP contribution in [-0.2, 0) is 23.2 Å². The van der Waals surface area contributed by atoms with Crippen molar-refractivity contribution in [2.75, 3.05) is 49.6 Å². The molecule has 0 amide bonds. The molecule has 2 saturated heterocycles. The number of likely N-dealkylation sites (tertiary alicyclic amines) is 1. The second-order valence-electron chi connectivity index (χ2n) is 13.6. The van der Waals surface area contributed by atoms with Gasteiger partial charge < -0.3 is 29.5 Å². The zero-order valence-electron chi connectivity index (χ0n) is 27.3. The number of aliphatic hydroxyl groups excluding tert-OH is 1. The number of halogens is 1. The van der Waals surface area contributed by atoms with Crippen molar-refractivity contribution in [1.29, 1.82) is 0 Å². The van der Waals surface area contributed by atoms with Gasteiger partial charge in [-0.05, 0) is 92.9 Å². The quantitative estimate of drug-likeness (QED) is 0.374. The summed E-state index contributed by atoms with van der Waals surface area (Å²) >= 11 is 0. The van der Waals surface area contributed by atoms with Gasteiger partial charge in [-0.3, -0.25) is 14.5 Å². The highest BCUT2D eigenvalue weighted by Gasteiger charge is 2.38. The molecule has 3 aromatic rings. The maximum atomic E-state index is 15.4. The van der Waals surface area contributed by atoms with Gasteiger partial charge in [-0.1, -0.05) is 6.07 Å². The monoisotopic (exact) mass is 652 g/mol. The molecule has 0 saturated carbocycles. The third-order valence-corrected chi connectivity index (χ3v) is 10.7. The minimum absolute atomic E-state index is 0.0527. The molecule has 8 rings (SSSR count). The molecule has 250 valence electrons. The summed E-state index contributed by atoms with van der Waals surface area (Å²) < 4.78 is 22.2. The first-order chi connectivity index (χ1) is 23.4. The normalized spacial score (nSPS) is 20.5. The number of nitrogens with zero attached hydrogens (tertiary/aromatic N) is 5. The molecule has 48 heavy (non-hydrogen) atoms. The predicted molar refractivity (Wildman–Crippen MR) is 181 cm³/mol. The first kappa shape index (κ1) is 31.0. The van der Waals surface area contributed by atoms with Crippen molar-refractivity contribution in [2.45, 2.75) is 57.1 Å². The van der Waals surface area contributed by atoms with Crippen molar-refractivity contribution in [1.82, 2.24) is 19.4 Å². The average molecular weight is 653 g/mol. The molecule has 1 aliphatic carbocycles. The van der Waals surface area contributed by atoms with Gasteiger partial charge in [0.25, 0.3) is 5.56 Å². The van der Waals surface area contributed by atoms with Gasteiger partial charge in [-0.2, -0.15) is 0 Å². The van der Waals surface area contributed by atoms with E-state index in [9.17, 15) is 14.7 Å². The number of allylic oxidation sites excluding steroid dienone is 2. The Labute approximate surface area is 279 Å². The standard InChI is InChI=1S/C37H41FN6O4/c1-41-18-25(14-31(37(41)47)40-35-7-6-24(17-39-35)23-8-10-42(11-9-23)27-21-48-22-27)29-15-26(38)16-33(30(29)20-45)43-12-13-44-32-5-3-2-4-28(32)36(46)34(44)19-43/h6-7,14-19,23,27,45H,2-5,8-13,20-22H2,1H3,(H,39,40). The molecular formula is C37H41FN6O4. The molecule has 11 heteroatoms. The zero-order chi connectivity index (χ0) is 32.9. The Morgan fingerprint density at radius 2 is 1.85 bits per heavy atom. The Balaban J connectivity index is 1.05. The van der Waals surface area contributed by atoms with Gasteiger partial charge in [0.05, 0.1) is 25.9 Å². The molecule has 10 nitrogen and oxygen atoms in total. The fraction of sp³-hybridized carbons (Fsp3) is 0.432. The van der Waals surface area contributed by atoms with Crippen LogP contribution in [0.1, 0.15) is 55.6 Å². The van der Waals surface area contributed by atoms with Crippen molar-refractivity contribution in [3.05, 3.63) is 93.2 Å². The van der Waals surface area contributed by atoms with Gasteiger partial charge in [0.15, 0.2) is 0 Å². The summed E-state index contributed by atoms with van der Waals surface area (Å²) in [6, 6.07) is 9.03. The van der Waals surface area contributed by atoms with Crippen LogP contribution in [0.5, 0.6) is 0 Å². The number of benzene rings is 1. The van der Waals surface area contributed by atoms with Gasteiger partial charge in [0.1, 0.15) is 23.0 Å². The highest BCUT2D eigenvalue weighted by molar-refractivity contribution is 6.11. The number of rotatable bonds is 7. The van der Waals surface area contributed by atoms with Crippen LogP contribution in [0.25, 0.3) is 11.1 Å². The number of aromatic nitrogens is 2. The molecule has 0 spiro atoms. The number of piperidine rings is 1. The van der Waals surface area contributed by atoms with Crippen molar-refractivity contribution < 1.29 is 19.0 Å². The maximum Gasteiger partial charge on any atom is 0.274 e. The van der Waals surface area contributed by atoms with Crippen LogP contribution < -0.4 is 15.8 Å². The van der Waals surface area contributed by atoms with Gasteiger partial charge in [0, 0.05) is 66.8 Å². The highest BCUT2D eigenvalue weighted by Crippen LogP contribution is 2.41. The number of aliphatic hydroxyl groups is 1. The van der Waals surface area contributed by atoms with E-state index in [0.29, 0.717) is 64.6 Å². The number of carbonyl (C=O) groups excluding carboxylic acids is 1. The highest BCUT2D eigenvalue weighted by atomic mass is 19.1. The molecule has 0 unspecified atom stereocenters. The van der Waals surface area contributed by atoms with E-state index in [1.165, 1.54) is 22.3 Å². The first-order valence-electron chi connectivity index (χ1n) is 17.1. The van der Waals surface area contributed by atoms with Crippen molar-refractivity contribution in [2.24, 2.45) is 7.05 Å². The van der Waals surface area contributed by atoms with Crippen molar-refractivity contribution in [3.8, 4) is 11.1 Å². The molecular weight excluding hydrogens is 611 g/mol. The number of hydrogen-bond donors (Lipinski definition) is 2. The number of nitrogens with one attached hydrogen (secondary N) is 1. The van der Waals surface area contributed by atoms with Crippen LogP contribution in [0, 0.1) is 5.82 Å². The zero-order valence-corrected chi connectivity index (χ0v) is 27.3. The first-order valence-corrected chi connectivity index (χ1v) is 17.1. The van der Waals surface area contributed by atoms with E-state index in [0.717, 1.165) is 76.1 Å². The van der Waals surface area contributed by atoms with Gasteiger partial charge in [0.2, 0.25) is 5.78 Å². The van der Waals surface area contributed by atoms with Crippen LogP contribution in [0.3, 0.4) is 0 Å². The van der Waals surface area contributed by atoms with E-state index >= 15 is 4.39 Å². The Bertz CT molecular complexity index is 1870. The topological polar surface area (TPSA) is 103 Å². The van der Waals surface area contributed by atoms with Gasteiger partial charge in [-0.15, -0.1) is 0 Å². The maximum absolute atomic E-state index is 15.4. The molecule has 2 aromatic heterocycles. The van der Waals surface area contributed by atoms with Gasteiger partial charge >= 0.3 is 0 Å². The minimum atomic E-state index is -0.472. The summed E-state index contributed by atoms with van der Waals surface area (Å²) in [5, 5.41) is 13.8. The number of anilines is 3. The lowest BCUT2D eigenvalue weighted by molar-refractivity contribution is -0.112. The summed E-state index contributed by atoms with van der Waals surface area (Å²) in [6.45, 7) is 4.60. The van der Waals surface area contributed by atoms with E-state index in [1.54, 1.807) is 25.5 Å². The smallest absolute Gasteiger partial charge is 0.274 e. The SMILES string of the molecule is Cn1cc(-c2cc(F)cc(N3C=C4C(=O)C5=C(CCCC5)N4CC3)c2CO)cc(Nc2ccc(C3CCN(C4COC4)CC3)cn2)c1=O. The number of hydrogen-bond acceptors (Lipinski definition) is 9. The molecule has 4 aliphatic heterocycles. The van der Waals surface area contributed by atoms with E-state index < -0.39 is 5.82 Å². The number of carbonyl (C=O) groups is 1. The molecule has 0 radical (unpaired) electrons. The van der Waals surface area contributed by atoms with Crippen molar-refractivity contribution >= 4 is 23.0 Å². The fourth-order valence-electron chi connectivity index (χ4n) is 7.99. The lowest BCUT2D eigenvalue weighted by atomic mass is 9.89. The summed E-state index contributed by atoms with van der Waals surface area (Å²) in [6.07, 6.45) is 11.3. The molecule has 6 heterocycles. The van der Waals surface area contributed by atoms with Crippen LogP contribution in [0.2, 0.25) is 0 Å². The molecule has 0 bridgehead atoms. The number of ketones is 1. The van der Waals surface area contributed by atoms with Crippen LogP contribution >= 0.6 is 0 Å². The summed E-state index contributed by atoms with van der Waals surface area (Å²) in [5.41, 5.74) is 5.97. The fourth-order valence-corrected chi connectivity index (χ4v) is 7.99. The predicted octanol–water partition coefficient (Wildman–Crippen LogP) is 4.77. The van der Waals surface area contributed by atoms with E-state index in [4.69, 9.17) is 4.74 Å². The second kappa shape index (κ2) is 12.6. The number of ether oxygens (including phenoxy) is 1. The summed E-state index contributed by atoms with van der Waals surface area (Å²) in [4.78, 5) is 37.7. The molecule has 2 fully saturated rings. The van der Waals surface area contributed by atoms with Crippen LogP contribution in [0.4, 0.5) is 21.6 Å². The van der Waals surface area contributed by atoms with Crippen molar-refractivity contribution in [3.63, 3.8) is 0 Å². The average Bonchev–Trinajstić information content (AvgIpc) is 3.37. The number of pyridine rings is 2. The van der Waals surface area contributed by atoms with E-state index in [2.05, 4.69) is 26.2 Å². The number of fused-ring (bicyclic) bond motifs is 2. The molecule has 0 atom stereocenters. The Hall–Kier alpha value is -4.32.